The highest BCUT2D eigenvalue weighted by atomic mass is 35.5. The molecule has 12 heteroatoms. The van der Waals surface area contributed by atoms with Crippen molar-refractivity contribution in [3.8, 4) is 11.5 Å². The second-order valence-corrected chi connectivity index (χ2v) is 10.8. The van der Waals surface area contributed by atoms with Gasteiger partial charge in [-0.2, -0.15) is 5.10 Å². The average molecular weight is 616 g/mol. The highest BCUT2D eigenvalue weighted by Gasteiger charge is 2.28. The summed E-state index contributed by atoms with van der Waals surface area (Å²) >= 11 is 7.39. The molecule has 4 rings (SSSR count). The Hall–Kier alpha value is -3.96. The smallest absolute Gasteiger partial charge is 0.341 e. The van der Waals surface area contributed by atoms with Gasteiger partial charge >= 0.3 is 17.8 Å². The van der Waals surface area contributed by atoms with Gasteiger partial charge in [-0.1, -0.05) is 24.1 Å². The number of nitrogens with one attached hydrogen (secondary N) is 2. The fourth-order valence-corrected chi connectivity index (χ4v) is 5.93. The van der Waals surface area contributed by atoms with Crippen molar-refractivity contribution in [2.45, 2.75) is 52.6 Å². The first-order valence-electron chi connectivity index (χ1n) is 13.6. The first kappa shape index (κ1) is 31.0. The van der Waals surface area contributed by atoms with Gasteiger partial charge in [0.25, 0.3) is 0 Å². The van der Waals surface area contributed by atoms with Crippen molar-refractivity contribution in [2.75, 3.05) is 18.5 Å². The molecule has 1 aromatic heterocycles. The van der Waals surface area contributed by atoms with Gasteiger partial charge in [-0.15, -0.1) is 11.3 Å². The molecule has 0 atom stereocenters. The second-order valence-electron chi connectivity index (χ2n) is 9.27. The summed E-state index contributed by atoms with van der Waals surface area (Å²) in [5.41, 5.74) is 4.18. The Morgan fingerprint density at radius 2 is 1.83 bits per heavy atom. The largest absolute Gasteiger partial charge is 0.490 e. The summed E-state index contributed by atoms with van der Waals surface area (Å²) in [6.07, 6.45) is 5.87. The molecule has 222 valence electrons. The number of halogens is 2. The predicted molar refractivity (Wildman–Crippen MR) is 159 cm³/mol. The van der Waals surface area contributed by atoms with E-state index in [4.69, 9.17) is 25.8 Å². The van der Waals surface area contributed by atoms with E-state index in [1.807, 2.05) is 0 Å². The first-order valence-corrected chi connectivity index (χ1v) is 14.8. The number of hydrogen-bond acceptors (Lipinski definition) is 8. The molecule has 42 heavy (non-hydrogen) atoms. The standard InChI is InChI=1S/C30H31ClFN3O6S/c1-3-39-24-15-18(13-14-23(24)41-17-20-21(31)10-8-11-22(20)32)16-33-35-28(37)27(36)34-29-26(30(38)40-4-2)19-9-6-5-7-12-25(19)42-29/h8,10-11,13-16H,3-7,9,12,17H2,1-2H3,(H,34,36)(H,35,37)/b33-16+. The molecule has 9 nitrogen and oxygen atoms in total. The van der Waals surface area contributed by atoms with Crippen LogP contribution in [0.25, 0.3) is 0 Å². The molecule has 1 aliphatic rings. The lowest BCUT2D eigenvalue weighted by Gasteiger charge is -2.13. The summed E-state index contributed by atoms with van der Waals surface area (Å²) in [5, 5.41) is 7.00. The lowest BCUT2D eigenvalue weighted by molar-refractivity contribution is -0.136. The number of ether oxygens (including phenoxy) is 3. The third-order valence-corrected chi connectivity index (χ3v) is 7.98. The Bertz CT molecular complexity index is 1470. The molecule has 2 aromatic carbocycles. The number of amides is 2. The molecule has 3 aromatic rings. The number of carbonyl (C=O) groups is 3. The Morgan fingerprint density at radius 3 is 2.60 bits per heavy atom. The topological polar surface area (TPSA) is 115 Å². The third kappa shape index (κ3) is 7.65. The van der Waals surface area contributed by atoms with Crippen molar-refractivity contribution in [2.24, 2.45) is 5.10 Å². The van der Waals surface area contributed by atoms with Crippen molar-refractivity contribution in [1.82, 2.24) is 5.43 Å². The van der Waals surface area contributed by atoms with E-state index in [2.05, 4.69) is 15.8 Å². The van der Waals surface area contributed by atoms with E-state index in [-0.39, 0.29) is 23.8 Å². The number of rotatable bonds is 10. The number of esters is 1. The quantitative estimate of drug-likeness (QED) is 0.0943. The lowest BCUT2D eigenvalue weighted by Crippen LogP contribution is -2.32. The van der Waals surface area contributed by atoms with Crippen molar-refractivity contribution in [3.05, 3.63) is 74.4 Å². The summed E-state index contributed by atoms with van der Waals surface area (Å²) < 4.78 is 30.7. The van der Waals surface area contributed by atoms with Crippen molar-refractivity contribution in [3.63, 3.8) is 0 Å². The van der Waals surface area contributed by atoms with Crippen LogP contribution in [0.4, 0.5) is 9.39 Å². The fraction of sp³-hybridized carbons (Fsp3) is 0.333. The average Bonchev–Trinajstić information content (AvgIpc) is 3.13. The lowest BCUT2D eigenvalue weighted by atomic mass is 10.1. The molecule has 2 amide bonds. The van der Waals surface area contributed by atoms with Crippen LogP contribution in [0.15, 0.2) is 41.5 Å². The maximum atomic E-state index is 14.1. The van der Waals surface area contributed by atoms with E-state index in [9.17, 15) is 18.8 Å². The van der Waals surface area contributed by atoms with Crippen molar-refractivity contribution >= 4 is 51.9 Å². The van der Waals surface area contributed by atoms with E-state index in [1.165, 1.54) is 29.7 Å². The Morgan fingerprint density at radius 1 is 1.02 bits per heavy atom. The second kappa shape index (κ2) is 14.8. The number of anilines is 1. The minimum Gasteiger partial charge on any atom is -0.490 e. The van der Waals surface area contributed by atoms with E-state index in [1.54, 1.807) is 38.1 Å². The SMILES string of the molecule is CCOC(=O)c1c(NC(=O)C(=O)N/N=C/c2ccc(OCc3c(F)cccc3Cl)c(OCC)c2)sc2c1CCCCC2. The molecule has 0 spiro atoms. The predicted octanol–water partition coefficient (Wildman–Crippen LogP) is 6.05. The van der Waals surface area contributed by atoms with Gasteiger partial charge in [-0.05, 0) is 81.0 Å². The molecule has 0 radical (unpaired) electrons. The summed E-state index contributed by atoms with van der Waals surface area (Å²) in [4.78, 5) is 38.9. The minimum absolute atomic E-state index is 0.102. The van der Waals surface area contributed by atoms with Crippen LogP contribution in [0.2, 0.25) is 5.02 Å². The Kier molecular flexibility index (Phi) is 10.9. The number of nitrogens with zero attached hydrogens (tertiary/aromatic N) is 1. The summed E-state index contributed by atoms with van der Waals surface area (Å²) in [6.45, 7) is 3.95. The highest BCUT2D eigenvalue weighted by molar-refractivity contribution is 7.17. The molecule has 2 N–H and O–H groups in total. The van der Waals surface area contributed by atoms with Gasteiger partial charge in [0.05, 0.1) is 30.0 Å². The molecule has 1 heterocycles. The number of hydrogen-bond donors (Lipinski definition) is 2. The Labute approximate surface area is 252 Å². The van der Waals surface area contributed by atoms with E-state index in [0.29, 0.717) is 34.2 Å². The van der Waals surface area contributed by atoms with Gasteiger partial charge in [-0.25, -0.2) is 14.6 Å². The van der Waals surface area contributed by atoms with Crippen LogP contribution >= 0.6 is 22.9 Å². The van der Waals surface area contributed by atoms with Crippen LogP contribution in [0.1, 0.15) is 65.0 Å². The summed E-state index contributed by atoms with van der Waals surface area (Å²) in [5.74, 6) is -2.21. The van der Waals surface area contributed by atoms with Gasteiger partial charge in [0, 0.05) is 10.4 Å². The van der Waals surface area contributed by atoms with Crippen LogP contribution in [-0.2, 0) is 33.8 Å². The van der Waals surface area contributed by atoms with E-state index >= 15 is 0 Å². The molecule has 0 aliphatic heterocycles. The van der Waals surface area contributed by atoms with Crippen LogP contribution in [-0.4, -0.2) is 37.2 Å². The fourth-order valence-electron chi connectivity index (χ4n) is 4.44. The molecular formula is C30H31ClFN3O6S. The zero-order valence-electron chi connectivity index (χ0n) is 23.3. The number of aryl methyl sites for hydroxylation is 1. The Balaban J connectivity index is 1.41. The maximum absolute atomic E-state index is 14.1. The van der Waals surface area contributed by atoms with Gasteiger partial charge in [-0.3, -0.25) is 9.59 Å². The number of thiophene rings is 1. The number of benzene rings is 2. The van der Waals surface area contributed by atoms with Gasteiger partial charge in [0.15, 0.2) is 11.5 Å². The van der Waals surface area contributed by atoms with Gasteiger partial charge < -0.3 is 19.5 Å². The van der Waals surface area contributed by atoms with Crippen LogP contribution in [0.5, 0.6) is 11.5 Å². The van der Waals surface area contributed by atoms with Crippen LogP contribution < -0.4 is 20.2 Å². The summed E-state index contributed by atoms with van der Waals surface area (Å²) in [6, 6.07) is 9.29. The van der Waals surface area contributed by atoms with E-state index in [0.717, 1.165) is 42.5 Å². The molecule has 0 unspecified atom stereocenters. The highest BCUT2D eigenvalue weighted by Crippen LogP contribution is 2.38. The number of fused-ring (bicyclic) bond motifs is 1. The number of hydrazone groups is 1. The van der Waals surface area contributed by atoms with Gasteiger partial charge in [0.2, 0.25) is 0 Å². The first-order chi connectivity index (χ1) is 20.3. The molecule has 0 saturated heterocycles. The molecular weight excluding hydrogens is 585 g/mol. The van der Waals surface area contributed by atoms with Crippen molar-refractivity contribution in [1.29, 1.82) is 0 Å². The maximum Gasteiger partial charge on any atom is 0.341 e. The third-order valence-electron chi connectivity index (χ3n) is 6.42. The number of carbonyl (C=O) groups excluding carboxylic acids is 3. The monoisotopic (exact) mass is 615 g/mol. The molecule has 0 fully saturated rings. The zero-order chi connectivity index (χ0) is 30.1. The van der Waals surface area contributed by atoms with Crippen molar-refractivity contribution < 1.29 is 33.0 Å². The molecule has 1 aliphatic carbocycles. The van der Waals surface area contributed by atoms with E-state index < -0.39 is 23.6 Å². The van der Waals surface area contributed by atoms with Gasteiger partial charge in [0.1, 0.15) is 17.4 Å². The van der Waals surface area contributed by atoms with Crippen LogP contribution in [0, 0.1) is 5.82 Å². The zero-order valence-corrected chi connectivity index (χ0v) is 24.8. The molecule has 0 bridgehead atoms. The minimum atomic E-state index is -1.00. The summed E-state index contributed by atoms with van der Waals surface area (Å²) in [7, 11) is 0. The van der Waals surface area contributed by atoms with Crippen LogP contribution in [0.3, 0.4) is 0 Å². The normalized spacial score (nSPS) is 12.8. The molecule has 0 saturated carbocycles.